The summed E-state index contributed by atoms with van der Waals surface area (Å²) in [6.07, 6.45) is 0. The minimum atomic E-state index is -1.23. The molecule has 7 heteroatoms. The first-order chi connectivity index (χ1) is 16.5. The number of carbonyl (C=O) groups excluding carboxylic acids is 3. The molecule has 166 valence electrons. The number of aryl methyl sites for hydroxylation is 1. The van der Waals surface area contributed by atoms with Gasteiger partial charge in [-0.05, 0) is 42.3 Å². The Kier molecular flexibility index (Phi) is 4.67. The van der Waals surface area contributed by atoms with Crippen LogP contribution in [0.2, 0.25) is 0 Å². The lowest BCUT2D eigenvalue weighted by Crippen LogP contribution is -2.30. The zero-order chi connectivity index (χ0) is 23.4. The minimum Gasteiger partial charge on any atom is -0.453 e. The van der Waals surface area contributed by atoms with Gasteiger partial charge in [0.05, 0.1) is 16.3 Å². The quantitative estimate of drug-likeness (QED) is 0.198. The lowest BCUT2D eigenvalue weighted by atomic mass is 9.88. The van der Waals surface area contributed by atoms with E-state index in [1.165, 1.54) is 16.2 Å². The van der Waals surface area contributed by atoms with Crippen LogP contribution < -0.4 is 4.90 Å². The molecule has 6 rings (SSSR count). The molecule has 0 N–H and O–H groups in total. The van der Waals surface area contributed by atoms with E-state index in [0.29, 0.717) is 16.3 Å². The second kappa shape index (κ2) is 7.74. The number of para-hydroxylation sites is 1. The smallest absolute Gasteiger partial charge is 0.297 e. The van der Waals surface area contributed by atoms with Crippen LogP contribution in [-0.2, 0) is 9.59 Å². The van der Waals surface area contributed by atoms with Crippen LogP contribution >= 0.6 is 11.3 Å². The van der Waals surface area contributed by atoms with Gasteiger partial charge in [-0.1, -0.05) is 65.9 Å². The maximum absolute atomic E-state index is 13.6. The van der Waals surface area contributed by atoms with Crippen molar-refractivity contribution in [2.75, 3.05) is 4.90 Å². The Labute approximate surface area is 198 Å². The molecule has 1 aliphatic heterocycles. The predicted molar refractivity (Wildman–Crippen MR) is 130 cm³/mol. The van der Waals surface area contributed by atoms with Crippen LogP contribution in [0.25, 0.3) is 21.2 Å². The summed E-state index contributed by atoms with van der Waals surface area (Å²) >= 11 is 1.33. The van der Waals surface area contributed by atoms with Gasteiger partial charge in [0.25, 0.3) is 5.91 Å². The third kappa shape index (κ3) is 3.16. The standard InChI is InChI=1S/C27H18N2O4S/c1-15-11-12-18-21(13-15)34-27(28-18)29-23(16-7-3-2-4-8-16)22(25(31)26(29)32)24(30)20-14-17-9-5-6-10-19(17)33-20/h2-14,22-23H,1H3. The molecule has 3 aromatic carbocycles. The summed E-state index contributed by atoms with van der Waals surface area (Å²) in [7, 11) is 0. The molecule has 5 aromatic rings. The van der Waals surface area contributed by atoms with Crippen molar-refractivity contribution in [3.05, 3.63) is 95.7 Å². The summed E-state index contributed by atoms with van der Waals surface area (Å²) in [4.78, 5) is 46.3. The molecule has 1 saturated heterocycles. The second-order valence-corrected chi connectivity index (χ2v) is 9.36. The van der Waals surface area contributed by atoms with Crippen LogP contribution in [0.1, 0.15) is 27.7 Å². The monoisotopic (exact) mass is 466 g/mol. The first kappa shape index (κ1) is 20.5. The zero-order valence-corrected chi connectivity index (χ0v) is 18.9. The number of rotatable bonds is 4. The SMILES string of the molecule is Cc1ccc2nc(N3C(=O)C(=O)C(C(=O)c4cc5ccccc5o4)C3c3ccccc3)sc2c1. The molecule has 34 heavy (non-hydrogen) atoms. The van der Waals surface area contributed by atoms with E-state index in [-0.39, 0.29) is 5.76 Å². The number of Topliss-reactive ketones (excluding diaryl/α,β-unsaturated/α-hetero) is 2. The number of ketones is 2. The number of furan rings is 1. The maximum Gasteiger partial charge on any atom is 0.297 e. The van der Waals surface area contributed by atoms with Crippen molar-refractivity contribution in [3.8, 4) is 0 Å². The molecule has 1 amide bonds. The lowest BCUT2D eigenvalue weighted by molar-refractivity contribution is -0.135. The molecule has 1 aliphatic rings. The number of anilines is 1. The molecule has 3 heterocycles. The number of benzene rings is 3. The van der Waals surface area contributed by atoms with E-state index in [1.54, 1.807) is 12.1 Å². The fourth-order valence-corrected chi connectivity index (χ4v) is 5.61. The van der Waals surface area contributed by atoms with Crippen LogP contribution in [0.5, 0.6) is 0 Å². The first-order valence-corrected chi connectivity index (χ1v) is 11.7. The highest BCUT2D eigenvalue weighted by Gasteiger charge is 2.54. The Morgan fingerprint density at radius 2 is 1.74 bits per heavy atom. The molecule has 2 aromatic heterocycles. The molecule has 2 atom stereocenters. The van der Waals surface area contributed by atoms with Gasteiger partial charge in [0.15, 0.2) is 10.9 Å². The average Bonchev–Trinajstić information content (AvgIpc) is 3.53. The van der Waals surface area contributed by atoms with Gasteiger partial charge in [-0.25, -0.2) is 4.98 Å². The van der Waals surface area contributed by atoms with Crippen LogP contribution in [0.15, 0.2) is 83.3 Å². The van der Waals surface area contributed by atoms with Gasteiger partial charge >= 0.3 is 0 Å². The van der Waals surface area contributed by atoms with E-state index in [0.717, 1.165) is 21.2 Å². The summed E-state index contributed by atoms with van der Waals surface area (Å²) in [6.45, 7) is 1.98. The van der Waals surface area contributed by atoms with E-state index >= 15 is 0 Å². The van der Waals surface area contributed by atoms with E-state index in [1.807, 2.05) is 73.7 Å². The molecule has 0 spiro atoms. The number of fused-ring (bicyclic) bond motifs is 2. The molecule has 0 saturated carbocycles. The molecule has 0 aliphatic carbocycles. The van der Waals surface area contributed by atoms with Crippen LogP contribution in [0.3, 0.4) is 0 Å². The molecule has 6 nitrogen and oxygen atoms in total. The van der Waals surface area contributed by atoms with Gasteiger partial charge in [0, 0.05) is 5.39 Å². The van der Waals surface area contributed by atoms with Gasteiger partial charge in [-0.15, -0.1) is 0 Å². The number of nitrogens with zero attached hydrogens (tertiary/aromatic N) is 2. The third-order valence-electron chi connectivity index (χ3n) is 6.14. The van der Waals surface area contributed by atoms with Crippen molar-refractivity contribution in [1.29, 1.82) is 0 Å². The first-order valence-electron chi connectivity index (χ1n) is 10.8. The summed E-state index contributed by atoms with van der Waals surface area (Å²) in [5.74, 6) is -3.17. The summed E-state index contributed by atoms with van der Waals surface area (Å²) in [5.41, 5.74) is 3.05. The van der Waals surface area contributed by atoms with E-state index in [4.69, 9.17) is 4.42 Å². The van der Waals surface area contributed by atoms with Crippen molar-refractivity contribution in [2.45, 2.75) is 13.0 Å². The van der Waals surface area contributed by atoms with Crippen LogP contribution in [-0.4, -0.2) is 22.5 Å². The van der Waals surface area contributed by atoms with Gasteiger partial charge in [0.1, 0.15) is 11.5 Å². The summed E-state index contributed by atoms with van der Waals surface area (Å²) in [5, 5.41) is 1.16. The van der Waals surface area contributed by atoms with Crippen molar-refractivity contribution in [2.24, 2.45) is 5.92 Å². The predicted octanol–water partition coefficient (Wildman–Crippen LogP) is 5.51. The lowest BCUT2D eigenvalue weighted by Gasteiger charge is -2.24. The van der Waals surface area contributed by atoms with Crippen molar-refractivity contribution >= 4 is 55.1 Å². The molecule has 1 fully saturated rings. The van der Waals surface area contributed by atoms with Gasteiger partial charge in [-0.2, -0.15) is 0 Å². The highest BCUT2D eigenvalue weighted by molar-refractivity contribution is 7.22. The highest BCUT2D eigenvalue weighted by Crippen LogP contribution is 2.44. The Morgan fingerprint density at radius 3 is 2.53 bits per heavy atom. The van der Waals surface area contributed by atoms with Crippen molar-refractivity contribution in [1.82, 2.24) is 4.98 Å². The van der Waals surface area contributed by atoms with Gasteiger partial charge < -0.3 is 4.42 Å². The summed E-state index contributed by atoms with van der Waals surface area (Å²) in [6, 6.07) is 23.0. The molecular formula is C27H18N2O4S. The highest BCUT2D eigenvalue weighted by atomic mass is 32.1. The number of hydrogen-bond donors (Lipinski definition) is 0. The zero-order valence-electron chi connectivity index (χ0n) is 18.1. The van der Waals surface area contributed by atoms with Crippen LogP contribution in [0.4, 0.5) is 5.13 Å². The van der Waals surface area contributed by atoms with Gasteiger partial charge in [0.2, 0.25) is 11.6 Å². The maximum atomic E-state index is 13.6. The van der Waals surface area contributed by atoms with Crippen molar-refractivity contribution < 1.29 is 18.8 Å². The average molecular weight is 467 g/mol. The fraction of sp³-hybridized carbons (Fsp3) is 0.111. The Bertz CT molecular complexity index is 1570. The minimum absolute atomic E-state index is 0.0649. The van der Waals surface area contributed by atoms with Crippen LogP contribution in [0, 0.1) is 12.8 Å². The number of hydrogen-bond acceptors (Lipinski definition) is 6. The fourth-order valence-electron chi connectivity index (χ4n) is 4.51. The Balaban J connectivity index is 1.49. The molecule has 2 unspecified atom stereocenters. The number of amides is 1. The number of thiazole rings is 1. The Morgan fingerprint density at radius 1 is 0.971 bits per heavy atom. The second-order valence-electron chi connectivity index (χ2n) is 8.35. The van der Waals surface area contributed by atoms with E-state index in [9.17, 15) is 14.4 Å². The molecular weight excluding hydrogens is 448 g/mol. The van der Waals surface area contributed by atoms with Gasteiger partial charge in [-0.3, -0.25) is 19.3 Å². The number of carbonyl (C=O) groups is 3. The molecule has 0 radical (unpaired) electrons. The van der Waals surface area contributed by atoms with E-state index in [2.05, 4.69) is 4.98 Å². The Hall–Kier alpha value is -4.10. The van der Waals surface area contributed by atoms with Crippen molar-refractivity contribution in [3.63, 3.8) is 0 Å². The normalized spacial score (nSPS) is 18.3. The number of aromatic nitrogens is 1. The topological polar surface area (TPSA) is 80.5 Å². The summed E-state index contributed by atoms with van der Waals surface area (Å²) < 4.78 is 6.68. The molecule has 0 bridgehead atoms. The van der Waals surface area contributed by atoms with E-state index < -0.39 is 29.4 Å². The third-order valence-corrected chi connectivity index (χ3v) is 7.15. The largest absolute Gasteiger partial charge is 0.453 e.